The molecule has 2 N–H and O–H groups in total. The number of nitrogens with one attached hydrogen (secondary N) is 2. The Morgan fingerprint density at radius 1 is 1.60 bits per heavy atom. The summed E-state index contributed by atoms with van der Waals surface area (Å²) in [5.41, 5.74) is 2.22. The molecule has 15 heavy (non-hydrogen) atoms. The van der Waals surface area contributed by atoms with Crippen molar-refractivity contribution in [3.63, 3.8) is 0 Å². The van der Waals surface area contributed by atoms with Gasteiger partial charge in [-0.3, -0.25) is 4.79 Å². The van der Waals surface area contributed by atoms with E-state index in [2.05, 4.69) is 15.6 Å². The molecule has 1 fully saturated rings. The molecule has 1 saturated heterocycles. The maximum Gasteiger partial charge on any atom is 0.270 e. The first kappa shape index (κ1) is 10.6. The molecular formula is C10H15N3OS. The highest BCUT2D eigenvalue weighted by Crippen LogP contribution is 2.10. The molecule has 0 spiro atoms. The van der Waals surface area contributed by atoms with Gasteiger partial charge in [0.25, 0.3) is 5.91 Å². The van der Waals surface area contributed by atoms with Gasteiger partial charge in [-0.15, -0.1) is 11.3 Å². The summed E-state index contributed by atoms with van der Waals surface area (Å²) in [6.07, 6.45) is 2.30. The van der Waals surface area contributed by atoms with Crippen LogP contribution in [0.4, 0.5) is 0 Å². The molecule has 82 valence electrons. The van der Waals surface area contributed by atoms with Crippen LogP contribution in [0.15, 0.2) is 10.9 Å². The molecular weight excluding hydrogens is 210 g/mol. The normalized spacial score (nSPS) is 17.6. The molecule has 0 radical (unpaired) electrons. The lowest BCUT2D eigenvalue weighted by Crippen LogP contribution is -2.36. The summed E-state index contributed by atoms with van der Waals surface area (Å²) in [5, 5.41) is 8.01. The van der Waals surface area contributed by atoms with E-state index in [4.69, 9.17) is 0 Å². The Morgan fingerprint density at radius 3 is 3.07 bits per heavy atom. The molecule has 1 amide bonds. The zero-order valence-electron chi connectivity index (χ0n) is 8.53. The van der Waals surface area contributed by atoms with Crippen molar-refractivity contribution < 1.29 is 4.79 Å². The van der Waals surface area contributed by atoms with Gasteiger partial charge in [-0.25, -0.2) is 4.98 Å². The standard InChI is InChI=1S/C10H15N3OS/c14-10(9-6-15-7-13-9)12-5-8-1-3-11-4-2-8/h6-8,11H,1-5H2,(H,12,14). The largest absolute Gasteiger partial charge is 0.350 e. The Morgan fingerprint density at radius 2 is 2.40 bits per heavy atom. The summed E-state index contributed by atoms with van der Waals surface area (Å²) >= 11 is 1.45. The van der Waals surface area contributed by atoms with E-state index in [1.807, 2.05) is 0 Å². The highest BCUT2D eigenvalue weighted by Gasteiger charge is 2.14. The van der Waals surface area contributed by atoms with Gasteiger partial charge in [-0.2, -0.15) is 0 Å². The minimum absolute atomic E-state index is 0.0465. The third-order valence-corrected chi connectivity index (χ3v) is 3.26. The fourth-order valence-electron chi connectivity index (χ4n) is 1.74. The first-order chi connectivity index (χ1) is 7.36. The predicted molar refractivity (Wildman–Crippen MR) is 60.0 cm³/mol. The first-order valence-electron chi connectivity index (χ1n) is 5.23. The second-order valence-electron chi connectivity index (χ2n) is 3.78. The Hall–Kier alpha value is -0.940. The van der Waals surface area contributed by atoms with Crippen LogP contribution in [-0.2, 0) is 0 Å². The Balaban J connectivity index is 1.75. The number of hydrogen-bond acceptors (Lipinski definition) is 4. The van der Waals surface area contributed by atoms with Gasteiger partial charge in [0.2, 0.25) is 0 Å². The minimum atomic E-state index is -0.0465. The topological polar surface area (TPSA) is 54.0 Å². The molecule has 0 unspecified atom stereocenters. The maximum absolute atomic E-state index is 11.6. The third-order valence-electron chi connectivity index (χ3n) is 2.67. The van der Waals surface area contributed by atoms with Crippen LogP contribution >= 0.6 is 11.3 Å². The molecule has 0 bridgehead atoms. The number of amides is 1. The lowest BCUT2D eigenvalue weighted by Gasteiger charge is -2.22. The lowest BCUT2D eigenvalue weighted by atomic mass is 9.98. The molecule has 0 aliphatic carbocycles. The fourth-order valence-corrected chi connectivity index (χ4v) is 2.27. The molecule has 0 atom stereocenters. The van der Waals surface area contributed by atoms with Gasteiger partial charge >= 0.3 is 0 Å². The van der Waals surface area contributed by atoms with Crippen LogP contribution in [0.25, 0.3) is 0 Å². The summed E-state index contributed by atoms with van der Waals surface area (Å²) in [6.45, 7) is 2.91. The van der Waals surface area contributed by atoms with Crippen molar-refractivity contribution >= 4 is 17.2 Å². The van der Waals surface area contributed by atoms with Crippen LogP contribution < -0.4 is 10.6 Å². The van der Waals surface area contributed by atoms with Gasteiger partial charge in [-0.1, -0.05) is 0 Å². The van der Waals surface area contributed by atoms with Crippen molar-refractivity contribution in [1.82, 2.24) is 15.6 Å². The highest BCUT2D eigenvalue weighted by atomic mass is 32.1. The molecule has 2 heterocycles. The number of hydrogen-bond donors (Lipinski definition) is 2. The predicted octanol–water partition coefficient (Wildman–Crippen LogP) is 0.873. The summed E-state index contributed by atoms with van der Waals surface area (Å²) in [6, 6.07) is 0. The molecule has 5 heteroatoms. The molecule has 0 saturated carbocycles. The van der Waals surface area contributed by atoms with Crippen LogP contribution in [-0.4, -0.2) is 30.5 Å². The van der Waals surface area contributed by atoms with E-state index in [1.165, 1.54) is 11.3 Å². The van der Waals surface area contributed by atoms with Crippen LogP contribution in [0.5, 0.6) is 0 Å². The maximum atomic E-state index is 11.6. The van der Waals surface area contributed by atoms with Gasteiger partial charge in [0.05, 0.1) is 5.51 Å². The molecule has 2 rings (SSSR count). The van der Waals surface area contributed by atoms with E-state index < -0.39 is 0 Å². The molecule has 1 aliphatic rings. The number of rotatable bonds is 3. The Labute approximate surface area is 93.1 Å². The van der Waals surface area contributed by atoms with Crippen molar-refractivity contribution in [2.24, 2.45) is 5.92 Å². The van der Waals surface area contributed by atoms with Gasteiger partial charge in [-0.05, 0) is 31.8 Å². The average Bonchev–Trinajstić information content (AvgIpc) is 2.81. The molecule has 0 aromatic carbocycles. The zero-order chi connectivity index (χ0) is 10.5. The summed E-state index contributed by atoms with van der Waals surface area (Å²) in [4.78, 5) is 15.5. The third kappa shape index (κ3) is 3.00. The molecule has 1 aliphatic heterocycles. The zero-order valence-corrected chi connectivity index (χ0v) is 9.35. The molecule has 4 nitrogen and oxygen atoms in total. The lowest BCUT2D eigenvalue weighted by molar-refractivity contribution is 0.0940. The van der Waals surface area contributed by atoms with Gasteiger partial charge in [0.1, 0.15) is 5.69 Å². The van der Waals surface area contributed by atoms with Crippen molar-refractivity contribution in [2.45, 2.75) is 12.8 Å². The smallest absolute Gasteiger partial charge is 0.270 e. The second-order valence-corrected chi connectivity index (χ2v) is 4.50. The van der Waals surface area contributed by atoms with Crippen molar-refractivity contribution in [3.8, 4) is 0 Å². The average molecular weight is 225 g/mol. The first-order valence-corrected chi connectivity index (χ1v) is 6.17. The number of nitrogens with zero attached hydrogens (tertiary/aromatic N) is 1. The SMILES string of the molecule is O=C(NCC1CCNCC1)c1cscn1. The quantitative estimate of drug-likeness (QED) is 0.802. The van der Waals surface area contributed by atoms with E-state index in [0.717, 1.165) is 32.5 Å². The number of piperidine rings is 1. The molecule has 1 aromatic rings. The van der Waals surface area contributed by atoms with E-state index in [-0.39, 0.29) is 5.91 Å². The van der Waals surface area contributed by atoms with Crippen molar-refractivity contribution in [1.29, 1.82) is 0 Å². The van der Waals surface area contributed by atoms with Crippen molar-refractivity contribution in [3.05, 3.63) is 16.6 Å². The van der Waals surface area contributed by atoms with E-state index in [1.54, 1.807) is 10.9 Å². The van der Waals surface area contributed by atoms with Crippen molar-refractivity contribution in [2.75, 3.05) is 19.6 Å². The second kappa shape index (κ2) is 5.23. The van der Waals surface area contributed by atoms with Gasteiger partial charge in [0, 0.05) is 11.9 Å². The minimum Gasteiger partial charge on any atom is -0.350 e. The highest BCUT2D eigenvalue weighted by molar-refractivity contribution is 7.07. The van der Waals surface area contributed by atoms with E-state index in [0.29, 0.717) is 11.6 Å². The fraction of sp³-hybridized carbons (Fsp3) is 0.600. The summed E-state index contributed by atoms with van der Waals surface area (Å²) in [7, 11) is 0. The number of thiazole rings is 1. The Bertz CT molecular complexity index is 306. The Kier molecular flexibility index (Phi) is 3.69. The van der Waals surface area contributed by atoms with Crippen LogP contribution in [0.1, 0.15) is 23.3 Å². The summed E-state index contributed by atoms with van der Waals surface area (Å²) in [5.74, 6) is 0.573. The van der Waals surface area contributed by atoms with Crippen LogP contribution in [0, 0.1) is 5.92 Å². The summed E-state index contributed by atoms with van der Waals surface area (Å²) < 4.78 is 0. The number of carbonyl (C=O) groups is 1. The van der Waals surface area contributed by atoms with Crippen LogP contribution in [0.2, 0.25) is 0 Å². The van der Waals surface area contributed by atoms with Gasteiger partial charge < -0.3 is 10.6 Å². The van der Waals surface area contributed by atoms with Gasteiger partial charge in [0.15, 0.2) is 0 Å². The van der Waals surface area contributed by atoms with E-state index >= 15 is 0 Å². The monoisotopic (exact) mass is 225 g/mol. The van der Waals surface area contributed by atoms with E-state index in [9.17, 15) is 4.79 Å². The number of aromatic nitrogens is 1. The molecule has 1 aromatic heterocycles. The van der Waals surface area contributed by atoms with Crippen LogP contribution in [0.3, 0.4) is 0 Å². The number of carbonyl (C=O) groups excluding carboxylic acids is 1.